The molecule has 1 unspecified atom stereocenters. The fourth-order valence-corrected chi connectivity index (χ4v) is 4.21. The van der Waals surface area contributed by atoms with Crippen LogP contribution >= 0.6 is 35.0 Å². The van der Waals surface area contributed by atoms with Crippen molar-refractivity contribution in [3.63, 3.8) is 0 Å². The van der Waals surface area contributed by atoms with Gasteiger partial charge in [0.15, 0.2) is 0 Å². The minimum Gasteiger partial charge on any atom is -0.383 e. The topological polar surface area (TPSA) is 38.9 Å². The van der Waals surface area contributed by atoms with E-state index >= 15 is 0 Å². The predicted molar refractivity (Wildman–Crippen MR) is 103 cm³/mol. The Balaban J connectivity index is 2.39. The van der Waals surface area contributed by atoms with Crippen LogP contribution in [0.4, 0.5) is 10.2 Å². The van der Waals surface area contributed by atoms with Crippen molar-refractivity contribution in [1.82, 2.24) is 4.98 Å². The summed E-state index contributed by atoms with van der Waals surface area (Å²) in [6.45, 7) is 7.61. The van der Waals surface area contributed by atoms with Crippen LogP contribution in [0, 0.1) is 5.82 Å². The third-order valence-electron chi connectivity index (χ3n) is 3.54. The van der Waals surface area contributed by atoms with Crippen LogP contribution < -0.4 is 5.73 Å². The van der Waals surface area contributed by atoms with Gasteiger partial charge in [-0.2, -0.15) is 0 Å². The van der Waals surface area contributed by atoms with E-state index in [1.807, 2.05) is 26.0 Å². The summed E-state index contributed by atoms with van der Waals surface area (Å²) in [5.41, 5.74) is 8.40. The number of thioether (sulfide) groups is 1. The molecular weight excluding hydrogens is 366 g/mol. The molecule has 2 rings (SSSR count). The van der Waals surface area contributed by atoms with Gasteiger partial charge in [-0.25, -0.2) is 9.37 Å². The van der Waals surface area contributed by atoms with Crippen LogP contribution in [0.1, 0.15) is 30.2 Å². The number of nitrogens with two attached hydrogens (primary N) is 1. The minimum atomic E-state index is -0.494. The lowest BCUT2D eigenvalue weighted by atomic mass is 10.1. The molecule has 126 valence electrons. The van der Waals surface area contributed by atoms with E-state index in [-0.39, 0.29) is 10.3 Å². The van der Waals surface area contributed by atoms with Gasteiger partial charge in [0.2, 0.25) is 0 Å². The number of allylic oxidation sites excluding steroid dienone is 3. The smallest absolute Gasteiger partial charge is 0.142 e. The van der Waals surface area contributed by atoms with E-state index < -0.39 is 5.82 Å². The van der Waals surface area contributed by atoms with Crippen LogP contribution in [0.3, 0.4) is 0 Å². The molecule has 1 atom stereocenters. The van der Waals surface area contributed by atoms with Gasteiger partial charge in [-0.05, 0) is 37.6 Å². The van der Waals surface area contributed by atoms with Gasteiger partial charge in [0.1, 0.15) is 11.6 Å². The maximum Gasteiger partial charge on any atom is 0.142 e. The average Bonchev–Trinajstić information content (AvgIpc) is 2.55. The van der Waals surface area contributed by atoms with Crippen molar-refractivity contribution < 1.29 is 4.39 Å². The second kappa shape index (κ2) is 8.06. The van der Waals surface area contributed by atoms with E-state index in [9.17, 15) is 4.39 Å². The molecule has 0 bridgehead atoms. The highest BCUT2D eigenvalue weighted by atomic mass is 35.5. The van der Waals surface area contributed by atoms with Crippen LogP contribution in [-0.2, 0) is 0 Å². The Labute approximate surface area is 155 Å². The SMILES string of the molecule is C=CC(=CC)c1cnc(N)c(SC(C)c2c(Cl)ccc(F)c2Cl)c1. The Kier molecular flexibility index (Phi) is 6.33. The molecule has 0 spiro atoms. The third kappa shape index (κ3) is 3.94. The van der Waals surface area contributed by atoms with E-state index in [2.05, 4.69) is 11.6 Å². The number of benzene rings is 1. The molecule has 2 N–H and O–H groups in total. The van der Waals surface area contributed by atoms with Crippen molar-refractivity contribution in [2.75, 3.05) is 5.73 Å². The monoisotopic (exact) mass is 382 g/mol. The highest BCUT2D eigenvalue weighted by Gasteiger charge is 2.19. The summed E-state index contributed by atoms with van der Waals surface area (Å²) in [6.07, 6.45) is 5.40. The standard InChI is InChI=1S/C18H17Cl2FN2S/c1-4-11(5-2)12-8-15(18(22)23-9-12)24-10(3)16-13(19)6-7-14(21)17(16)20/h4-10H,1H2,2-3H3,(H2,22,23). The molecule has 2 aromatic rings. The molecule has 0 aliphatic carbocycles. The van der Waals surface area contributed by atoms with Crippen LogP contribution in [0.2, 0.25) is 10.0 Å². The fraction of sp³-hybridized carbons (Fsp3) is 0.167. The molecule has 0 aliphatic heterocycles. The van der Waals surface area contributed by atoms with Crippen molar-refractivity contribution in [1.29, 1.82) is 0 Å². The second-order valence-electron chi connectivity index (χ2n) is 5.07. The van der Waals surface area contributed by atoms with Gasteiger partial charge in [0.25, 0.3) is 0 Å². The Bertz CT molecular complexity index is 806. The minimum absolute atomic E-state index is 0.0328. The molecule has 0 fully saturated rings. The van der Waals surface area contributed by atoms with Crippen molar-refractivity contribution >= 4 is 46.4 Å². The number of anilines is 1. The first kappa shape index (κ1) is 18.8. The van der Waals surface area contributed by atoms with Gasteiger partial charge >= 0.3 is 0 Å². The molecule has 0 saturated carbocycles. The molecule has 0 radical (unpaired) electrons. The Morgan fingerprint density at radius 2 is 2.12 bits per heavy atom. The van der Waals surface area contributed by atoms with Crippen molar-refractivity contribution in [2.45, 2.75) is 24.0 Å². The molecule has 1 heterocycles. The van der Waals surface area contributed by atoms with Gasteiger partial charge in [0, 0.05) is 27.6 Å². The fourth-order valence-electron chi connectivity index (χ4n) is 2.27. The summed E-state index contributed by atoms with van der Waals surface area (Å²) >= 11 is 13.7. The van der Waals surface area contributed by atoms with Crippen LogP contribution in [0.15, 0.2) is 48.0 Å². The van der Waals surface area contributed by atoms with Gasteiger partial charge < -0.3 is 5.73 Å². The first-order valence-corrected chi connectivity index (χ1v) is 8.87. The molecule has 1 aromatic heterocycles. The van der Waals surface area contributed by atoms with Gasteiger partial charge in [-0.15, -0.1) is 11.8 Å². The Morgan fingerprint density at radius 1 is 1.42 bits per heavy atom. The molecule has 1 aromatic carbocycles. The summed E-state index contributed by atoms with van der Waals surface area (Å²) in [4.78, 5) is 5.01. The first-order chi connectivity index (χ1) is 11.4. The lowest BCUT2D eigenvalue weighted by Crippen LogP contribution is -1.99. The van der Waals surface area contributed by atoms with E-state index in [0.29, 0.717) is 16.4 Å². The molecule has 24 heavy (non-hydrogen) atoms. The summed E-state index contributed by atoms with van der Waals surface area (Å²) < 4.78 is 13.7. The molecule has 6 heteroatoms. The average molecular weight is 383 g/mol. The zero-order chi connectivity index (χ0) is 17.9. The normalized spacial score (nSPS) is 13.0. The highest BCUT2D eigenvalue weighted by Crippen LogP contribution is 2.43. The summed E-state index contributed by atoms with van der Waals surface area (Å²) in [5, 5.41) is 0.257. The van der Waals surface area contributed by atoms with Crippen LogP contribution in [-0.4, -0.2) is 4.98 Å². The largest absolute Gasteiger partial charge is 0.383 e. The molecule has 0 saturated heterocycles. The number of rotatable bonds is 5. The van der Waals surface area contributed by atoms with Gasteiger partial charge in [-0.3, -0.25) is 0 Å². The van der Waals surface area contributed by atoms with E-state index in [4.69, 9.17) is 28.9 Å². The number of hydrogen-bond donors (Lipinski definition) is 1. The van der Waals surface area contributed by atoms with Gasteiger partial charge in [0.05, 0.1) is 9.92 Å². The second-order valence-corrected chi connectivity index (χ2v) is 7.24. The molecule has 0 aliphatic rings. The summed E-state index contributed by atoms with van der Waals surface area (Å²) in [6, 6.07) is 4.69. The third-order valence-corrected chi connectivity index (χ3v) is 5.42. The summed E-state index contributed by atoms with van der Waals surface area (Å²) in [7, 11) is 0. The van der Waals surface area contributed by atoms with E-state index in [1.165, 1.54) is 23.9 Å². The maximum atomic E-state index is 13.7. The number of aromatic nitrogens is 1. The zero-order valence-corrected chi connectivity index (χ0v) is 15.6. The van der Waals surface area contributed by atoms with E-state index in [1.54, 1.807) is 12.3 Å². The molecule has 2 nitrogen and oxygen atoms in total. The zero-order valence-electron chi connectivity index (χ0n) is 13.3. The molecule has 0 amide bonds. The number of pyridine rings is 1. The van der Waals surface area contributed by atoms with Crippen molar-refractivity contribution in [2.24, 2.45) is 0 Å². The maximum absolute atomic E-state index is 13.7. The molecular formula is C18H17Cl2FN2S. The predicted octanol–water partition coefficient (Wildman–Crippen LogP) is 6.55. The van der Waals surface area contributed by atoms with Crippen molar-refractivity contribution in [3.8, 4) is 0 Å². The number of halogens is 3. The van der Waals surface area contributed by atoms with Crippen molar-refractivity contribution in [3.05, 3.63) is 70.1 Å². The first-order valence-electron chi connectivity index (χ1n) is 7.23. The Morgan fingerprint density at radius 3 is 2.75 bits per heavy atom. The van der Waals surface area contributed by atoms with Gasteiger partial charge in [-0.1, -0.05) is 41.9 Å². The summed E-state index contributed by atoms with van der Waals surface area (Å²) in [5.74, 6) is -0.0926. The lowest BCUT2D eigenvalue weighted by Gasteiger charge is -2.17. The quantitative estimate of drug-likeness (QED) is 0.361. The number of hydrogen-bond acceptors (Lipinski definition) is 3. The lowest BCUT2D eigenvalue weighted by molar-refractivity contribution is 0.626. The number of nitrogens with zero attached hydrogens (tertiary/aromatic N) is 1. The van der Waals surface area contributed by atoms with Crippen LogP contribution in [0.5, 0.6) is 0 Å². The van der Waals surface area contributed by atoms with E-state index in [0.717, 1.165) is 16.0 Å². The van der Waals surface area contributed by atoms with Crippen LogP contribution in [0.25, 0.3) is 5.57 Å². The Hall–Kier alpha value is -1.49. The highest BCUT2D eigenvalue weighted by molar-refractivity contribution is 7.99. The number of nitrogen functional groups attached to an aromatic ring is 1.